The van der Waals surface area contributed by atoms with Crippen molar-refractivity contribution in [1.29, 1.82) is 0 Å². The molecule has 1 aliphatic rings. The van der Waals surface area contributed by atoms with Crippen LogP contribution in [0.5, 0.6) is 0 Å². The third-order valence-corrected chi connectivity index (χ3v) is 3.39. The molecule has 1 aliphatic carbocycles. The molecular weight excluding hydrogens is 254 g/mol. The highest BCUT2D eigenvalue weighted by atomic mass is 15.4. The van der Waals surface area contributed by atoms with Crippen molar-refractivity contribution in [2.45, 2.75) is 18.8 Å². The molecule has 0 bridgehead atoms. The second-order valence-corrected chi connectivity index (χ2v) is 4.88. The van der Waals surface area contributed by atoms with E-state index in [2.05, 4.69) is 25.7 Å². The molecule has 0 amide bonds. The average molecular weight is 267 g/mol. The molecule has 0 unspecified atom stereocenters. The van der Waals surface area contributed by atoms with Crippen LogP contribution < -0.4 is 11.3 Å². The second kappa shape index (κ2) is 4.24. The van der Waals surface area contributed by atoms with Crippen molar-refractivity contribution >= 4 is 16.9 Å². The number of hydrazine groups is 1. The number of rotatable bonds is 3. The standard InChI is InChI=1S/C13H13N7/c14-17-11-7-12(16-13(15-11)8-5-6-8)20-10-4-2-1-3-9(10)18-19-20/h1-4,7-8H,5-6,14H2,(H,15,16,17). The molecule has 4 rings (SSSR count). The van der Waals surface area contributed by atoms with E-state index in [0.717, 1.165) is 29.7 Å². The maximum absolute atomic E-state index is 5.49. The van der Waals surface area contributed by atoms with Crippen LogP contribution in [0.4, 0.5) is 5.82 Å². The van der Waals surface area contributed by atoms with Crippen molar-refractivity contribution in [3.05, 3.63) is 36.2 Å². The number of nitrogens with two attached hydrogens (primary N) is 1. The van der Waals surface area contributed by atoms with Crippen LogP contribution in [0, 0.1) is 0 Å². The van der Waals surface area contributed by atoms with Crippen molar-refractivity contribution in [2.75, 3.05) is 5.43 Å². The smallest absolute Gasteiger partial charge is 0.161 e. The van der Waals surface area contributed by atoms with E-state index >= 15 is 0 Å². The van der Waals surface area contributed by atoms with Crippen LogP contribution in [-0.4, -0.2) is 25.0 Å². The molecule has 0 atom stereocenters. The zero-order chi connectivity index (χ0) is 13.5. The van der Waals surface area contributed by atoms with E-state index in [4.69, 9.17) is 5.84 Å². The van der Waals surface area contributed by atoms with E-state index in [0.29, 0.717) is 17.6 Å². The number of anilines is 1. The SMILES string of the molecule is NNc1cc(-n2nnc3ccccc32)nc(C2CC2)n1. The average Bonchev–Trinajstić information content (AvgIpc) is 3.26. The van der Waals surface area contributed by atoms with E-state index < -0.39 is 0 Å². The molecule has 20 heavy (non-hydrogen) atoms. The van der Waals surface area contributed by atoms with Gasteiger partial charge in [0.05, 0.1) is 5.52 Å². The lowest BCUT2D eigenvalue weighted by Gasteiger charge is -2.07. The minimum atomic E-state index is 0.442. The molecular formula is C13H13N7. The summed E-state index contributed by atoms with van der Waals surface area (Å²) in [6.45, 7) is 0. The van der Waals surface area contributed by atoms with E-state index in [-0.39, 0.29) is 0 Å². The van der Waals surface area contributed by atoms with Gasteiger partial charge in [-0.1, -0.05) is 17.3 Å². The zero-order valence-corrected chi connectivity index (χ0v) is 10.7. The molecule has 2 aromatic heterocycles. The summed E-state index contributed by atoms with van der Waals surface area (Å²) < 4.78 is 1.71. The molecule has 0 aliphatic heterocycles. The summed E-state index contributed by atoms with van der Waals surface area (Å²) in [6.07, 6.45) is 2.26. The minimum Gasteiger partial charge on any atom is -0.308 e. The molecule has 3 aromatic rings. The third-order valence-electron chi connectivity index (χ3n) is 3.39. The predicted octanol–water partition coefficient (Wildman–Crippen LogP) is 1.37. The molecule has 100 valence electrons. The lowest BCUT2D eigenvalue weighted by molar-refractivity contribution is 0.780. The topological polar surface area (TPSA) is 94.5 Å². The van der Waals surface area contributed by atoms with Gasteiger partial charge in [-0.05, 0) is 25.0 Å². The summed E-state index contributed by atoms with van der Waals surface area (Å²) in [5.41, 5.74) is 4.34. The number of nitrogens with one attached hydrogen (secondary N) is 1. The summed E-state index contributed by atoms with van der Waals surface area (Å²) in [5.74, 6) is 8.02. The highest BCUT2D eigenvalue weighted by Gasteiger charge is 2.27. The van der Waals surface area contributed by atoms with E-state index in [1.165, 1.54) is 0 Å². The normalized spacial score (nSPS) is 14.7. The fourth-order valence-corrected chi connectivity index (χ4v) is 2.20. The van der Waals surface area contributed by atoms with Crippen molar-refractivity contribution in [3.8, 4) is 5.82 Å². The fraction of sp³-hybridized carbons (Fsp3) is 0.231. The Bertz CT molecular complexity index is 775. The molecule has 0 radical (unpaired) electrons. The monoisotopic (exact) mass is 267 g/mol. The Labute approximate surface area is 114 Å². The van der Waals surface area contributed by atoms with Crippen LogP contribution in [0.1, 0.15) is 24.6 Å². The number of hydrogen-bond acceptors (Lipinski definition) is 6. The lowest BCUT2D eigenvalue weighted by atomic mass is 10.3. The van der Waals surface area contributed by atoms with Gasteiger partial charge in [0, 0.05) is 12.0 Å². The first kappa shape index (κ1) is 11.3. The van der Waals surface area contributed by atoms with Crippen molar-refractivity contribution in [3.63, 3.8) is 0 Å². The molecule has 0 spiro atoms. The maximum Gasteiger partial charge on any atom is 0.161 e. The third kappa shape index (κ3) is 1.79. The summed E-state index contributed by atoms with van der Waals surface area (Å²) >= 11 is 0. The van der Waals surface area contributed by atoms with Crippen LogP contribution in [0.25, 0.3) is 16.9 Å². The molecule has 7 nitrogen and oxygen atoms in total. The summed E-state index contributed by atoms with van der Waals surface area (Å²) in [5, 5.41) is 8.31. The summed E-state index contributed by atoms with van der Waals surface area (Å²) in [4.78, 5) is 8.98. The largest absolute Gasteiger partial charge is 0.308 e. The molecule has 1 saturated carbocycles. The fourth-order valence-electron chi connectivity index (χ4n) is 2.20. The first-order valence-electron chi connectivity index (χ1n) is 6.51. The van der Waals surface area contributed by atoms with E-state index in [1.54, 1.807) is 10.7 Å². The van der Waals surface area contributed by atoms with Gasteiger partial charge >= 0.3 is 0 Å². The van der Waals surface area contributed by atoms with Crippen molar-refractivity contribution < 1.29 is 0 Å². The number of benzene rings is 1. The first-order chi connectivity index (χ1) is 9.85. The number of para-hydroxylation sites is 1. The number of hydrogen-bond donors (Lipinski definition) is 2. The number of aromatic nitrogens is 5. The van der Waals surface area contributed by atoms with Crippen molar-refractivity contribution in [1.82, 2.24) is 25.0 Å². The maximum atomic E-state index is 5.49. The molecule has 3 N–H and O–H groups in total. The quantitative estimate of drug-likeness (QED) is 0.550. The number of fused-ring (bicyclic) bond motifs is 1. The van der Waals surface area contributed by atoms with Gasteiger partial charge in [0.1, 0.15) is 17.2 Å². The zero-order valence-electron chi connectivity index (χ0n) is 10.7. The van der Waals surface area contributed by atoms with E-state index in [1.807, 2.05) is 24.3 Å². The van der Waals surface area contributed by atoms with Gasteiger partial charge < -0.3 is 5.43 Å². The first-order valence-corrected chi connectivity index (χ1v) is 6.51. The van der Waals surface area contributed by atoms with Gasteiger partial charge in [-0.3, -0.25) is 0 Å². The van der Waals surface area contributed by atoms with Gasteiger partial charge in [-0.25, -0.2) is 15.8 Å². The molecule has 1 aromatic carbocycles. The van der Waals surface area contributed by atoms with Gasteiger partial charge in [-0.2, -0.15) is 4.68 Å². The molecule has 2 heterocycles. The highest BCUT2D eigenvalue weighted by Crippen LogP contribution is 2.38. The predicted molar refractivity (Wildman–Crippen MR) is 74.2 cm³/mol. The Morgan fingerprint density at radius 2 is 2.05 bits per heavy atom. The summed E-state index contributed by atoms with van der Waals surface area (Å²) in [6, 6.07) is 9.54. The highest BCUT2D eigenvalue weighted by molar-refractivity contribution is 5.75. The van der Waals surface area contributed by atoms with Gasteiger partial charge in [0.25, 0.3) is 0 Å². The van der Waals surface area contributed by atoms with Crippen LogP contribution in [-0.2, 0) is 0 Å². The Hall–Kier alpha value is -2.54. The Balaban J connectivity index is 1.90. The van der Waals surface area contributed by atoms with Gasteiger partial charge in [0.2, 0.25) is 0 Å². The Kier molecular flexibility index (Phi) is 2.40. The van der Waals surface area contributed by atoms with Crippen LogP contribution >= 0.6 is 0 Å². The molecule has 1 fully saturated rings. The number of nitrogens with zero attached hydrogens (tertiary/aromatic N) is 5. The van der Waals surface area contributed by atoms with Gasteiger partial charge in [-0.15, -0.1) is 5.10 Å². The molecule has 7 heteroatoms. The Morgan fingerprint density at radius 3 is 2.85 bits per heavy atom. The minimum absolute atomic E-state index is 0.442. The Morgan fingerprint density at radius 1 is 1.20 bits per heavy atom. The van der Waals surface area contributed by atoms with Crippen LogP contribution in [0.3, 0.4) is 0 Å². The van der Waals surface area contributed by atoms with Crippen molar-refractivity contribution in [2.24, 2.45) is 5.84 Å². The summed E-state index contributed by atoms with van der Waals surface area (Å²) in [7, 11) is 0. The van der Waals surface area contributed by atoms with Gasteiger partial charge in [0.15, 0.2) is 5.82 Å². The second-order valence-electron chi connectivity index (χ2n) is 4.88. The van der Waals surface area contributed by atoms with Crippen LogP contribution in [0.2, 0.25) is 0 Å². The van der Waals surface area contributed by atoms with Crippen LogP contribution in [0.15, 0.2) is 30.3 Å². The number of nitrogen functional groups attached to an aromatic ring is 1. The van der Waals surface area contributed by atoms with E-state index in [9.17, 15) is 0 Å². The molecule has 0 saturated heterocycles. The lowest BCUT2D eigenvalue weighted by Crippen LogP contribution is -2.12.